The van der Waals surface area contributed by atoms with Gasteiger partial charge in [-0.25, -0.2) is 4.79 Å². The molecule has 38 heavy (non-hydrogen) atoms. The smallest absolute Gasteiger partial charge is 0.410 e. The fourth-order valence-electron chi connectivity index (χ4n) is 3.58. The zero-order valence-corrected chi connectivity index (χ0v) is 21.9. The topological polar surface area (TPSA) is 141 Å². The molecule has 206 valence electrons. The van der Waals surface area contributed by atoms with Crippen LogP contribution in [0.25, 0.3) is 5.65 Å². The van der Waals surface area contributed by atoms with E-state index < -0.39 is 17.7 Å². The molecule has 0 aliphatic heterocycles. The number of pyridine rings is 1. The molecule has 3 rings (SSSR count). The second-order valence-corrected chi connectivity index (χ2v) is 9.59. The van der Waals surface area contributed by atoms with Crippen LogP contribution in [-0.4, -0.2) is 63.0 Å². The highest BCUT2D eigenvalue weighted by Gasteiger charge is 2.29. The number of ketones is 1. The van der Waals surface area contributed by atoms with E-state index >= 15 is 0 Å². The van der Waals surface area contributed by atoms with Crippen molar-refractivity contribution in [3.05, 3.63) is 65.1 Å². The normalized spacial score (nSPS) is 11.9. The standard InChI is InChI=1S/C26H34N6O5.CH4/c1-17-11-12-20(15-37-25(35)31(5)13-18(2)33)32-22(17)29-30-23(32)21(28-24(34)26(3,4)27)16-36-14-19-9-7-6-8-10-19;/h6-12,21H,13-16,27H2,1-5H3,(H,28,34);1H4. The van der Waals surface area contributed by atoms with Crippen LogP contribution in [0.4, 0.5) is 4.79 Å². The lowest BCUT2D eigenvalue weighted by atomic mass is 10.1. The maximum atomic E-state index is 12.8. The van der Waals surface area contributed by atoms with Crippen molar-refractivity contribution < 1.29 is 23.9 Å². The summed E-state index contributed by atoms with van der Waals surface area (Å²) >= 11 is 0. The molecule has 0 bridgehead atoms. The Balaban J connectivity index is 0.00000507. The zero-order valence-electron chi connectivity index (χ0n) is 21.9. The molecule has 11 heteroatoms. The Morgan fingerprint density at radius 3 is 2.42 bits per heavy atom. The monoisotopic (exact) mass is 526 g/mol. The number of hydrogen-bond donors (Lipinski definition) is 2. The fourth-order valence-corrected chi connectivity index (χ4v) is 3.58. The summed E-state index contributed by atoms with van der Waals surface area (Å²) in [7, 11) is 1.49. The summed E-state index contributed by atoms with van der Waals surface area (Å²) in [5, 5.41) is 11.6. The average molecular weight is 527 g/mol. The molecule has 1 aromatic carbocycles. The van der Waals surface area contributed by atoms with E-state index in [1.54, 1.807) is 24.3 Å². The highest BCUT2D eigenvalue weighted by atomic mass is 16.6. The summed E-state index contributed by atoms with van der Waals surface area (Å²) in [6.45, 7) is 6.78. The van der Waals surface area contributed by atoms with Crippen molar-refractivity contribution in [3.63, 3.8) is 0 Å². The Labute approximate surface area is 223 Å². The van der Waals surface area contributed by atoms with Crippen LogP contribution in [0, 0.1) is 6.92 Å². The van der Waals surface area contributed by atoms with E-state index in [2.05, 4.69) is 15.5 Å². The quantitative estimate of drug-likeness (QED) is 0.388. The Bertz CT molecular complexity index is 1250. The number of nitrogens with one attached hydrogen (secondary N) is 1. The van der Waals surface area contributed by atoms with Crippen molar-refractivity contribution >= 4 is 23.4 Å². The van der Waals surface area contributed by atoms with E-state index in [0.29, 0.717) is 23.8 Å². The molecule has 2 amide bonds. The summed E-state index contributed by atoms with van der Waals surface area (Å²) in [5.74, 6) is -0.133. The molecular weight excluding hydrogens is 488 g/mol. The van der Waals surface area contributed by atoms with Crippen molar-refractivity contribution in [2.45, 2.75) is 59.9 Å². The first-order chi connectivity index (χ1) is 17.5. The number of benzene rings is 1. The van der Waals surface area contributed by atoms with Gasteiger partial charge in [0, 0.05) is 7.05 Å². The highest BCUT2D eigenvalue weighted by molar-refractivity contribution is 5.85. The first kappa shape index (κ1) is 30.4. The van der Waals surface area contributed by atoms with Crippen molar-refractivity contribution in [3.8, 4) is 0 Å². The van der Waals surface area contributed by atoms with E-state index in [0.717, 1.165) is 11.1 Å². The lowest BCUT2D eigenvalue weighted by Crippen LogP contribution is -2.51. The van der Waals surface area contributed by atoms with Crippen LogP contribution in [0.3, 0.4) is 0 Å². The van der Waals surface area contributed by atoms with Crippen molar-refractivity contribution in [1.82, 2.24) is 24.8 Å². The van der Waals surface area contributed by atoms with Crippen molar-refractivity contribution in [2.75, 3.05) is 20.2 Å². The summed E-state index contributed by atoms with van der Waals surface area (Å²) in [4.78, 5) is 37.7. The molecule has 1 unspecified atom stereocenters. The van der Waals surface area contributed by atoms with Gasteiger partial charge in [-0.2, -0.15) is 0 Å². The number of nitrogens with zero attached hydrogens (tertiary/aromatic N) is 4. The van der Waals surface area contributed by atoms with Crippen LogP contribution in [0.15, 0.2) is 42.5 Å². The molecule has 0 saturated heterocycles. The van der Waals surface area contributed by atoms with Gasteiger partial charge in [0.05, 0.1) is 31.0 Å². The molecule has 11 nitrogen and oxygen atoms in total. The molecule has 3 N–H and O–H groups in total. The van der Waals surface area contributed by atoms with E-state index in [1.165, 1.54) is 18.9 Å². The third kappa shape index (κ3) is 7.83. The molecule has 2 aromatic heterocycles. The van der Waals surface area contributed by atoms with Gasteiger partial charge < -0.3 is 25.4 Å². The van der Waals surface area contributed by atoms with Crippen LogP contribution in [0.2, 0.25) is 0 Å². The van der Waals surface area contributed by atoms with Gasteiger partial charge in [0.15, 0.2) is 11.5 Å². The molecule has 0 radical (unpaired) electrons. The Kier molecular flexibility index (Phi) is 10.5. The molecule has 0 aliphatic rings. The minimum atomic E-state index is -1.13. The number of carbonyl (C=O) groups is 3. The first-order valence-electron chi connectivity index (χ1n) is 11.9. The summed E-state index contributed by atoms with van der Waals surface area (Å²) in [6.07, 6.45) is -0.639. The molecule has 0 spiro atoms. The van der Waals surface area contributed by atoms with E-state index in [-0.39, 0.29) is 38.9 Å². The predicted molar refractivity (Wildman–Crippen MR) is 143 cm³/mol. The summed E-state index contributed by atoms with van der Waals surface area (Å²) < 4.78 is 13.1. The molecule has 0 fully saturated rings. The predicted octanol–water partition coefficient (Wildman–Crippen LogP) is 2.94. The van der Waals surface area contributed by atoms with Gasteiger partial charge >= 0.3 is 6.09 Å². The number of likely N-dealkylation sites (N-methyl/N-ethyl adjacent to an activating group) is 1. The number of nitrogens with two attached hydrogens (primary N) is 1. The van der Waals surface area contributed by atoms with Gasteiger partial charge in [-0.15, -0.1) is 10.2 Å². The van der Waals surface area contributed by atoms with Crippen molar-refractivity contribution in [1.29, 1.82) is 0 Å². The minimum Gasteiger partial charge on any atom is -0.443 e. The number of rotatable bonds is 11. The van der Waals surface area contributed by atoms with Gasteiger partial charge in [-0.05, 0) is 44.9 Å². The lowest BCUT2D eigenvalue weighted by Gasteiger charge is -2.24. The highest BCUT2D eigenvalue weighted by Crippen LogP contribution is 2.21. The minimum absolute atomic E-state index is 0. The van der Waals surface area contributed by atoms with Gasteiger partial charge in [-0.1, -0.05) is 43.8 Å². The second-order valence-electron chi connectivity index (χ2n) is 9.59. The fraction of sp³-hybridized carbons (Fsp3) is 0.444. The Morgan fingerprint density at radius 1 is 1.11 bits per heavy atom. The average Bonchev–Trinajstić information content (AvgIpc) is 3.28. The third-order valence-electron chi connectivity index (χ3n) is 5.57. The number of carbonyl (C=O) groups excluding carboxylic acids is 3. The maximum absolute atomic E-state index is 12.8. The van der Waals surface area contributed by atoms with E-state index in [9.17, 15) is 14.4 Å². The number of Topliss-reactive ketones (excluding diaryl/α,β-unsaturated/α-hetero) is 1. The second kappa shape index (κ2) is 13.1. The van der Waals surface area contributed by atoms with Gasteiger partial charge in [0.25, 0.3) is 0 Å². The molecule has 3 aromatic rings. The molecule has 0 saturated carbocycles. The van der Waals surface area contributed by atoms with Gasteiger partial charge in [0.1, 0.15) is 18.4 Å². The number of fused-ring (bicyclic) bond motifs is 1. The third-order valence-corrected chi connectivity index (χ3v) is 5.57. The SMILES string of the molecule is C.CC(=O)CN(C)C(=O)OCc1ccc(C)c2nnc(C(COCc3ccccc3)NC(=O)C(C)(C)N)n12. The van der Waals surface area contributed by atoms with E-state index in [4.69, 9.17) is 15.2 Å². The zero-order chi connectivity index (χ0) is 27.2. The summed E-state index contributed by atoms with van der Waals surface area (Å²) in [5.41, 5.74) is 7.86. The van der Waals surface area contributed by atoms with Gasteiger partial charge in [-0.3, -0.25) is 14.0 Å². The van der Waals surface area contributed by atoms with Crippen LogP contribution in [-0.2, 0) is 32.3 Å². The van der Waals surface area contributed by atoms with E-state index in [1.807, 2.05) is 43.3 Å². The Hall–Kier alpha value is -3.83. The molecule has 1 atom stereocenters. The van der Waals surface area contributed by atoms with Crippen molar-refractivity contribution in [2.24, 2.45) is 5.73 Å². The van der Waals surface area contributed by atoms with Crippen LogP contribution in [0.1, 0.15) is 56.9 Å². The largest absolute Gasteiger partial charge is 0.443 e. The number of aryl methyl sites for hydroxylation is 1. The van der Waals surface area contributed by atoms with Crippen LogP contribution in [0.5, 0.6) is 0 Å². The maximum Gasteiger partial charge on any atom is 0.410 e. The van der Waals surface area contributed by atoms with Crippen LogP contribution < -0.4 is 11.1 Å². The number of amides is 2. The van der Waals surface area contributed by atoms with Crippen LogP contribution >= 0.6 is 0 Å². The molecular formula is C27H38N6O5. The van der Waals surface area contributed by atoms with Gasteiger partial charge in [0.2, 0.25) is 5.91 Å². The number of aromatic nitrogens is 3. The number of hydrogen-bond acceptors (Lipinski definition) is 8. The molecule has 0 aliphatic carbocycles. The summed E-state index contributed by atoms with van der Waals surface area (Å²) in [6, 6.07) is 12.6. The first-order valence-corrected chi connectivity index (χ1v) is 11.9. The number of ether oxygens (including phenoxy) is 2. The Morgan fingerprint density at radius 2 is 1.79 bits per heavy atom. The lowest BCUT2D eigenvalue weighted by molar-refractivity contribution is -0.126. The molecule has 2 heterocycles.